The number of rotatable bonds is 64. The van der Waals surface area contributed by atoms with Crippen LogP contribution < -0.4 is 5.32 Å². The molecule has 3 N–H and O–H groups in total. The van der Waals surface area contributed by atoms with Crippen molar-refractivity contribution in [2.45, 2.75) is 360 Å². The second-order valence-electron chi connectivity index (χ2n) is 24.9. The van der Waals surface area contributed by atoms with Crippen molar-refractivity contribution >= 4 is 13.7 Å². The first-order chi connectivity index (χ1) is 38.0. The minimum absolute atomic E-state index is 0.0554. The van der Waals surface area contributed by atoms with Crippen molar-refractivity contribution in [3.63, 3.8) is 0 Å². The lowest BCUT2D eigenvalue weighted by atomic mass is 10.0. The molecule has 0 spiro atoms. The number of phosphoric ester groups is 1. The Balaban J connectivity index is 4.11. The first kappa shape index (κ1) is 76.7. The van der Waals surface area contributed by atoms with Crippen molar-refractivity contribution in [2.24, 2.45) is 0 Å². The molecule has 78 heavy (non-hydrogen) atoms. The van der Waals surface area contributed by atoms with E-state index in [0.717, 1.165) is 44.9 Å². The number of unbranched alkanes of at least 4 members (excludes halogenated alkanes) is 47. The van der Waals surface area contributed by atoms with Gasteiger partial charge < -0.3 is 19.8 Å². The molecule has 8 nitrogen and oxygen atoms in total. The molecule has 0 fully saturated rings. The Morgan fingerprint density at radius 3 is 1.03 bits per heavy atom. The smallest absolute Gasteiger partial charge is 0.387 e. The number of nitrogens with zero attached hydrogens (tertiary/aromatic N) is 1. The largest absolute Gasteiger partial charge is 0.472 e. The summed E-state index contributed by atoms with van der Waals surface area (Å²) in [5, 5.41) is 14.0. The molecule has 3 unspecified atom stereocenters. The van der Waals surface area contributed by atoms with Crippen LogP contribution >= 0.6 is 7.82 Å². The number of hydrogen-bond donors (Lipinski definition) is 3. The van der Waals surface area contributed by atoms with Crippen molar-refractivity contribution in [3.8, 4) is 0 Å². The second-order valence-corrected chi connectivity index (χ2v) is 26.4. The average Bonchev–Trinajstić information content (AvgIpc) is 3.41. The minimum atomic E-state index is -4.36. The first-order valence-corrected chi connectivity index (χ1v) is 35.9. The number of aliphatic hydroxyl groups excluding tert-OH is 1. The zero-order chi connectivity index (χ0) is 57.0. The molecular weight excluding hydrogens is 984 g/mol. The van der Waals surface area contributed by atoms with Gasteiger partial charge in [0, 0.05) is 6.42 Å². The van der Waals surface area contributed by atoms with Gasteiger partial charge in [-0.3, -0.25) is 13.8 Å². The number of likely N-dealkylation sites (N-methyl/N-ethyl adjacent to an activating group) is 1. The molecule has 9 heteroatoms. The highest BCUT2D eigenvalue weighted by Gasteiger charge is 2.28. The molecule has 0 aliphatic heterocycles. The lowest BCUT2D eigenvalue weighted by Crippen LogP contribution is -2.45. The van der Waals surface area contributed by atoms with Crippen LogP contribution in [0.3, 0.4) is 0 Å². The third kappa shape index (κ3) is 62.3. The SMILES string of the molecule is CCCCCCCCCCCCCCCCCC/C=C/CC/C=C/CC/C=C/C(O)C(COP(=O)(O)OCC[N+](C)(C)C)NC(=O)CCCCCCCCCCCCCCCCCCCCCCCCCCCCCCCC. The van der Waals surface area contributed by atoms with Crippen molar-refractivity contribution in [1.29, 1.82) is 0 Å². The van der Waals surface area contributed by atoms with E-state index in [4.69, 9.17) is 9.05 Å². The van der Waals surface area contributed by atoms with Crippen LogP contribution in [0.25, 0.3) is 0 Å². The molecule has 0 aliphatic rings. The van der Waals surface area contributed by atoms with E-state index < -0.39 is 20.0 Å². The number of carbonyl (C=O) groups excluding carboxylic acids is 1. The van der Waals surface area contributed by atoms with Gasteiger partial charge >= 0.3 is 7.82 Å². The Hall–Kier alpha value is -1.28. The van der Waals surface area contributed by atoms with Gasteiger partial charge in [0.05, 0.1) is 39.9 Å². The predicted molar refractivity (Wildman–Crippen MR) is 341 cm³/mol. The molecular formula is C69H136N2O6P+. The highest BCUT2D eigenvalue weighted by molar-refractivity contribution is 7.47. The Kier molecular flexibility index (Phi) is 59.3. The summed E-state index contributed by atoms with van der Waals surface area (Å²) in [5.74, 6) is -0.183. The Bertz CT molecular complexity index is 1360. The van der Waals surface area contributed by atoms with Gasteiger partial charge in [-0.25, -0.2) is 4.57 Å². The van der Waals surface area contributed by atoms with Crippen molar-refractivity contribution in [2.75, 3.05) is 40.9 Å². The van der Waals surface area contributed by atoms with E-state index >= 15 is 0 Å². The number of phosphoric acid groups is 1. The van der Waals surface area contributed by atoms with Crippen LogP contribution in [0.4, 0.5) is 0 Å². The van der Waals surface area contributed by atoms with E-state index in [1.165, 1.54) is 283 Å². The summed E-state index contributed by atoms with van der Waals surface area (Å²) in [4.78, 5) is 23.4. The van der Waals surface area contributed by atoms with Gasteiger partial charge in [-0.1, -0.05) is 333 Å². The van der Waals surface area contributed by atoms with E-state index in [0.29, 0.717) is 17.4 Å². The molecule has 0 aromatic rings. The minimum Gasteiger partial charge on any atom is -0.387 e. The molecule has 0 aromatic carbocycles. The van der Waals surface area contributed by atoms with Crippen LogP contribution in [-0.4, -0.2) is 73.4 Å². The van der Waals surface area contributed by atoms with Gasteiger partial charge in [-0.05, 0) is 44.9 Å². The predicted octanol–water partition coefficient (Wildman–Crippen LogP) is 21.7. The average molecular weight is 1120 g/mol. The number of nitrogens with one attached hydrogen (secondary N) is 1. The molecule has 0 radical (unpaired) electrons. The van der Waals surface area contributed by atoms with Gasteiger partial charge in [-0.2, -0.15) is 0 Å². The number of hydrogen-bond acceptors (Lipinski definition) is 5. The topological polar surface area (TPSA) is 105 Å². The summed E-state index contributed by atoms with van der Waals surface area (Å²) in [7, 11) is 1.56. The van der Waals surface area contributed by atoms with Gasteiger partial charge in [-0.15, -0.1) is 0 Å². The summed E-state index contributed by atoms with van der Waals surface area (Å²) in [6.07, 6.45) is 80.1. The summed E-state index contributed by atoms with van der Waals surface area (Å²) in [6, 6.07) is -0.869. The van der Waals surface area contributed by atoms with Crippen LogP contribution in [0.1, 0.15) is 348 Å². The van der Waals surface area contributed by atoms with Crippen LogP contribution in [-0.2, 0) is 18.4 Å². The molecule has 0 aromatic heterocycles. The zero-order valence-corrected chi connectivity index (χ0v) is 53.8. The monoisotopic (exact) mass is 1120 g/mol. The van der Waals surface area contributed by atoms with Crippen LogP contribution in [0.5, 0.6) is 0 Å². The van der Waals surface area contributed by atoms with Crippen LogP contribution in [0, 0.1) is 0 Å². The van der Waals surface area contributed by atoms with Crippen LogP contribution in [0.2, 0.25) is 0 Å². The number of aliphatic hydroxyl groups is 1. The molecule has 0 bridgehead atoms. The van der Waals surface area contributed by atoms with Crippen molar-refractivity contribution in [3.05, 3.63) is 36.5 Å². The fourth-order valence-corrected chi connectivity index (χ4v) is 11.2. The van der Waals surface area contributed by atoms with Gasteiger partial charge in [0.15, 0.2) is 0 Å². The van der Waals surface area contributed by atoms with E-state index in [9.17, 15) is 19.4 Å². The van der Waals surface area contributed by atoms with Crippen molar-refractivity contribution in [1.82, 2.24) is 5.32 Å². The number of allylic oxidation sites excluding steroid dienone is 5. The zero-order valence-electron chi connectivity index (χ0n) is 52.9. The second kappa shape index (κ2) is 60.3. The molecule has 1 amide bonds. The van der Waals surface area contributed by atoms with Crippen molar-refractivity contribution < 1.29 is 32.9 Å². The quantitative estimate of drug-likeness (QED) is 0.0243. The summed E-state index contributed by atoms with van der Waals surface area (Å²) >= 11 is 0. The molecule has 0 heterocycles. The highest BCUT2D eigenvalue weighted by atomic mass is 31.2. The third-order valence-corrected chi connectivity index (χ3v) is 16.8. The fourth-order valence-electron chi connectivity index (χ4n) is 10.5. The summed E-state index contributed by atoms with van der Waals surface area (Å²) in [6.45, 7) is 4.85. The maximum atomic E-state index is 13.0. The van der Waals surface area contributed by atoms with Gasteiger partial charge in [0.1, 0.15) is 13.2 Å². The fraction of sp³-hybridized carbons (Fsp3) is 0.899. The number of amides is 1. The molecule has 3 atom stereocenters. The standard InChI is InChI=1S/C69H135N2O6P/c1-6-8-10-12-14-16-18-20-22-24-26-28-30-32-34-35-36-37-39-41-43-45-47-49-51-53-55-57-59-61-63-69(73)70-67(66-77-78(74,75)76-65-64-71(3,4)5)68(72)62-60-58-56-54-52-50-48-46-44-42-40-38-33-31-29-27-25-23-21-19-17-15-13-11-9-7-2/h44,46,52,54,60,62,67-68,72H,6-43,45,47-51,53,55-59,61,63-66H2,1-5H3,(H-,70,73,74,75)/p+1/b46-44+,54-52+,62-60+. The summed E-state index contributed by atoms with van der Waals surface area (Å²) < 4.78 is 23.8. The maximum Gasteiger partial charge on any atom is 0.472 e. The Morgan fingerprint density at radius 2 is 0.705 bits per heavy atom. The molecule has 462 valence electrons. The number of carbonyl (C=O) groups is 1. The normalized spacial score (nSPS) is 13.9. The van der Waals surface area contributed by atoms with E-state index in [1.807, 2.05) is 27.2 Å². The lowest BCUT2D eigenvalue weighted by Gasteiger charge is -2.25. The summed E-state index contributed by atoms with van der Waals surface area (Å²) in [5.41, 5.74) is 0. The Labute approximate surface area is 487 Å². The van der Waals surface area contributed by atoms with Crippen LogP contribution in [0.15, 0.2) is 36.5 Å². The van der Waals surface area contributed by atoms with Gasteiger partial charge in [0.25, 0.3) is 0 Å². The Morgan fingerprint density at radius 1 is 0.423 bits per heavy atom. The molecule has 0 rings (SSSR count). The number of quaternary nitrogens is 1. The third-order valence-electron chi connectivity index (χ3n) is 15.8. The highest BCUT2D eigenvalue weighted by Crippen LogP contribution is 2.43. The van der Waals surface area contributed by atoms with E-state index in [2.05, 4.69) is 43.5 Å². The first-order valence-electron chi connectivity index (χ1n) is 34.4. The molecule has 0 aliphatic carbocycles. The molecule has 0 saturated carbocycles. The maximum absolute atomic E-state index is 13.0. The van der Waals surface area contributed by atoms with Gasteiger partial charge in [0.2, 0.25) is 5.91 Å². The van der Waals surface area contributed by atoms with E-state index in [1.54, 1.807) is 6.08 Å². The van der Waals surface area contributed by atoms with E-state index in [-0.39, 0.29) is 19.1 Å². The molecule has 0 saturated heterocycles. The lowest BCUT2D eigenvalue weighted by molar-refractivity contribution is -0.870.